The molecule has 0 saturated carbocycles. The predicted octanol–water partition coefficient (Wildman–Crippen LogP) is 3.10. The third-order valence-corrected chi connectivity index (χ3v) is 3.76. The van der Waals surface area contributed by atoms with Gasteiger partial charge in [0.05, 0.1) is 5.92 Å². The maximum absolute atomic E-state index is 13.1. The third-order valence-electron chi connectivity index (χ3n) is 3.76. The summed E-state index contributed by atoms with van der Waals surface area (Å²) in [5.74, 6) is -3.46. The highest BCUT2D eigenvalue weighted by atomic mass is 19.1. The molecule has 1 atom stereocenters. The van der Waals surface area contributed by atoms with Gasteiger partial charge in [-0.15, -0.1) is 0 Å². The average Bonchev–Trinajstić information content (AvgIpc) is 2.89. The molecule has 1 saturated heterocycles. The molecule has 2 amide bonds. The van der Waals surface area contributed by atoms with Gasteiger partial charge in [-0.05, 0) is 36.4 Å². The average molecular weight is 334 g/mol. The van der Waals surface area contributed by atoms with E-state index in [4.69, 9.17) is 0 Å². The van der Waals surface area contributed by atoms with Gasteiger partial charge in [-0.2, -0.15) is 0 Å². The maximum atomic E-state index is 13.1. The molecule has 24 heavy (non-hydrogen) atoms. The summed E-state index contributed by atoms with van der Waals surface area (Å²) < 4.78 is 39.3. The highest BCUT2D eigenvalue weighted by molar-refractivity contribution is 6.03. The molecule has 0 unspecified atom stereocenters. The molecule has 1 fully saturated rings. The number of halogens is 3. The van der Waals surface area contributed by atoms with Gasteiger partial charge in [0.2, 0.25) is 11.8 Å². The number of amides is 2. The van der Waals surface area contributed by atoms with Crippen molar-refractivity contribution in [3.05, 3.63) is 59.9 Å². The lowest BCUT2D eigenvalue weighted by atomic mass is 10.1. The summed E-state index contributed by atoms with van der Waals surface area (Å²) in [6, 6.07) is 8.05. The van der Waals surface area contributed by atoms with Gasteiger partial charge in [-0.25, -0.2) is 13.2 Å². The molecule has 7 heteroatoms. The topological polar surface area (TPSA) is 49.4 Å². The van der Waals surface area contributed by atoms with Crippen LogP contribution < -0.4 is 10.2 Å². The summed E-state index contributed by atoms with van der Waals surface area (Å²) in [7, 11) is 0. The first-order chi connectivity index (χ1) is 11.4. The largest absolute Gasteiger partial charge is 0.326 e. The molecule has 3 rings (SSSR count). The first-order valence-electron chi connectivity index (χ1n) is 7.25. The number of rotatable bonds is 3. The Hall–Kier alpha value is -2.83. The van der Waals surface area contributed by atoms with E-state index in [1.165, 1.54) is 29.2 Å². The fourth-order valence-electron chi connectivity index (χ4n) is 2.62. The Balaban J connectivity index is 1.70. The van der Waals surface area contributed by atoms with Crippen LogP contribution in [0.15, 0.2) is 42.5 Å². The number of hydrogen-bond acceptors (Lipinski definition) is 2. The molecule has 124 valence electrons. The number of anilines is 2. The zero-order valence-electron chi connectivity index (χ0n) is 12.4. The van der Waals surface area contributed by atoms with Crippen molar-refractivity contribution in [3.63, 3.8) is 0 Å². The van der Waals surface area contributed by atoms with Gasteiger partial charge < -0.3 is 10.2 Å². The Morgan fingerprint density at radius 2 is 1.62 bits per heavy atom. The van der Waals surface area contributed by atoms with Crippen LogP contribution >= 0.6 is 0 Å². The molecule has 2 aromatic rings. The predicted molar refractivity (Wildman–Crippen MR) is 81.8 cm³/mol. The van der Waals surface area contributed by atoms with Crippen LogP contribution in [0.2, 0.25) is 0 Å². The second-order valence-corrected chi connectivity index (χ2v) is 5.53. The van der Waals surface area contributed by atoms with Crippen LogP contribution in [0.5, 0.6) is 0 Å². The summed E-state index contributed by atoms with van der Waals surface area (Å²) in [6.07, 6.45) is -0.0268. The fraction of sp³-hybridized carbons (Fsp3) is 0.176. The minimum Gasteiger partial charge on any atom is -0.326 e. The van der Waals surface area contributed by atoms with Gasteiger partial charge in [0, 0.05) is 30.4 Å². The first kappa shape index (κ1) is 16.0. The number of hydrogen-bond donors (Lipinski definition) is 1. The van der Waals surface area contributed by atoms with Crippen LogP contribution in [0.3, 0.4) is 0 Å². The van der Waals surface area contributed by atoms with Gasteiger partial charge in [-0.1, -0.05) is 0 Å². The van der Waals surface area contributed by atoms with Crippen LogP contribution in [0, 0.1) is 23.4 Å². The van der Waals surface area contributed by atoms with Crippen molar-refractivity contribution in [1.82, 2.24) is 0 Å². The van der Waals surface area contributed by atoms with Gasteiger partial charge in [0.15, 0.2) is 0 Å². The smallest absolute Gasteiger partial charge is 0.229 e. The zero-order chi connectivity index (χ0) is 17.3. The van der Waals surface area contributed by atoms with Gasteiger partial charge >= 0.3 is 0 Å². The Kier molecular flexibility index (Phi) is 4.24. The molecule has 1 aliphatic rings. The summed E-state index contributed by atoms with van der Waals surface area (Å²) in [6.45, 7) is 0.119. The SMILES string of the molecule is O=C(Nc1cc(F)cc(F)c1)[C@@H]1CC(=O)N(c2ccc(F)cc2)C1. The fourth-order valence-corrected chi connectivity index (χ4v) is 2.62. The highest BCUT2D eigenvalue weighted by Gasteiger charge is 2.35. The quantitative estimate of drug-likeness (QED) is 0.938. The van der Waals surface area contributed by atoms with Crippen molar-refractivity contribution >= 4 is 23.2 Å². The number of carbonyl (C=O) groups excluding carboxylic acids is 2. The lowest BCUT2D eigenvalue weighted by Crippen LogP contribution is -2.28. The highest BCUT2D eigenvalue weighted by Crippen LogP contribution is 2.26. The van der Waals surface area contributed by atoms with Crippen molar-refractivity contribution < 1.29 is 22.8 Å². The lowest BCUT2D eigenvalue weighted by Gasteiger charge is -2.16. The van der Waals surface area contributed by atoms with E-state index in [-0.39, 0.29) is 24.6 Å². The van der Waals surface area contributed by atoms with E-state index in [1.807, 2.05) is 0 Å². The Bertz CT molecular complexity index is 773. The molecule has 0 bridgehead atoms. The molecule has 4 nitrogen and oxygen atoms in total. The minimum atomic E-state index is -0.805. The molecule has 1 N–H and O–H groups in total. The minimum absolute atomic E-state index is 0.00909. The first-order valence-corrected chi connectivity index (χ1v) is 7.25. The molecule has 1 heterocycles. The van der Waals surface area contributed by atoms with E-state index in [1.54, 1.807) is 0 Å². The molecular weight excluding hydrogens is 321 g/mol. The van der Waals surface area contributed by atoms with E-state index < -0.39 is 29.3 Å². The van der Waals surface area contributed by atoms with E-state index >= 15 is 0 Å². The standard InChI is InChI=1S/C17H13F3N2O2/c18-11-1-3-15(4-2-11)22-9-10(5-16(22)23)17(24)21-14-7-12(19)6-13(20)8-14/h1-4,6-8,10H,5,9H2,(H,21,24)/t10-/m1/s1. The van der Waals surface area contributed by atoms with E-state index in [0.717, 1.165) is 12.1 Å². The van der Waals surface area contributed by atoms with Crippen molar-refractivity contribution in [2.24, 2.45) is 5.92 Å². The second-order valence-electron chi connectivity index (χ2n) is 5.53. The van der Waals surface area contributed by atoms with Crippen LogP contribution in [0.1, 0.15) is 6.42 Å². The molecule has 0 aliphatic carbocycles. The summed E-state index contributed by atoms with van der Waals surface area (Å²) >= 11 is 0. The van der Waals surface area contributed by atoms with Crippen molar-refractivity contribution in [3.8, 4) is 0 Å². The second kappa shape index (κ2) is 6.35. The summed E-state index contributed by atoms with van der Waals surface area (Å²) in [5.41, 5.74) is 0.485. The van der Waals surface area contributed by atoms with Gasteiger partial charge in [0.25, 0.3) is 0 Å². The van der Waals surface area contributed by atoms with E-state index in [2.05, 4.69) is 5.32 Å². The van der Waals surface area contributed by atoms with E-state index in [0.29, 0.717) is 11.8 Å². The Morgan fingerprint density at radius 3 is 2.25 bits per heavy atom. The normalized spacial score (nSPS) is 17.2. The summed E-state index contributed by atoms with van der Waals surface area (Å²) in [5, 5.41) is 2.41. The molecule has 0 spiro atoms. The monoisotopic (exact) mass is 334 g/mol. The number of carbonyl (C=O) groups is 2. The number of benzene rings is 2. The van der Waals surface area contributed by atoms with Crippen LogP contribution in [0.4, 0.5) is 24.5 Å². The van der Waals surface area contributed by atoms with Crippen LogP contribution in [-0.2, 0) is 9.59 Å². The Labute approximate surface area is 135 Å². The molecule has 2 aromatic carbocycles. The molecule has 0 aromatic heterocycles. The van der Waals surface area contributed by atoms with Crippen molar-refractivity contribution in [1.29, 1.82) is 0 Å². The van der Waals surface area contributed by atoms with Gasteiger partial charge in [-0.3, -0.25) is 9.59 Å². The van der Waals surface area contributed by atoms with Crippen molar-refractivity contribution in [2.75, 3.05) is 16.8 Å². The van der Waals surface area contributed by atoms with Crippen molar-refractivity contribution in [2.45, 2.75) is 6.42 Å². The molecule has 1 aliphatic heterocycles. The van der Waals surface area contributed by atoms with Gasteiger partial charge in [0.1, 0.15) is 17.5 Å². The molecule has 0 radical (unpaired) electrons. The molecular formula is C17H13F3N2O2. The van der Waals surface area contributed by atoms with E-state index in [9.17, 15) is 22.8 Å². The Morgan fingerprint density at radius 1 is 1.00 bits per heavy atom. The third kappa shape index (κ3) is 3.40. The number of nitrogens with one attached hydrogen (secondary N) is 1. The maximum Gasteiger partial charge on any atom is 0.229 e. The van der Waals surface area contributed by atoms with Crippen LogP contribution in [-0.4, -0.2) is 18.4 Å². The number of nitrogens with zero attached hydrogens (tertiary/aromatic N) is 1. The lowest BCUT2D eigenvalue weighted by molar-refractivity contribution is -0.122. The van der Waals surface area contributed by atoms with Crippen LogP contribution in [0.25, 0.3) is 0 Å². The zero-order valence-corrected chi connectivity index (χ0v) is 12.4. The summed E-state index contributed by atoms with van der Waals surface area (Å²) in [4.78, 5) is 25.7.